The molecule has 0 radical (unpaired) electrons. The maximum atomic E-state index is 9.01. The molecule has 1 aromatic carbocycles. The summed E-state index contributed by atoms with van der Waals surface area (Å²) >= 11 is 5.33. The predicted molar refractivity (Wildman–Crippen MR) is 69.8 cm³/mol. The SMILES string of the molecule is OCc1ccc(SCC2CCCO2)c(Br)c1. The second-order valence-electron chi connectivity index (χ2n) is 3.87. The molecule has 16 heavy (non-hydrogen) atoms. The van der Waals surface area contributed by atoms with Crippen molar-refractivity contribution in [2.45, 2.75) is 30.4 Å². The van der Waals surface area contributed by atoms with Crippen LogP contribution in [0.2, 0.25) is 0 Å². The monoisotopic (exact) mass is 302 g/mol. The van der Waals surface area contributed by atoms with Crippen LogP contribution in [0.1, 0.15) is 18.4 Å². The molecule has 0 saturated carbocycles. The van der Waals surface area contributed by atoms with Gasteiger partial charge in [-0.1, -0.05) is 6.07 Å². The zero-order valence-electron chi connectivity index (χ0n) is 8.99. The zero-order valence-corrected chi connectivity index (χ0v) is 11.4. The molecule has 1 N–H and O–H groups in total. The van der Waals surface area contributed by atoms with Crippen LogP contribution in [-0.4, -0.2) is 23.6 Å². The van der Waals surface area contributed by atoms with E-state index in [1.165, 1.54) is 17.7 Å². The molecule has 88 valence electrons. The molecule has 0 bridgehead atoms. The number of hydrogen-bond donors (Lipinski definition) is 1. The van der Waals surface area contributed by atoms with Crippen molar-refractivity contribution >= 4 is 27.7 Å². The molecule has 1 saturated heterocycles. The third kappa shape index (κ3) is 3.23. The van der Waals surface area contributed by atoms with Crippen LogP contribution in [0, 0.1) is 0 Å². The first-order valence-electron chi connectivity index (χ1n) is 5.43. The number of ether oxygens (including phenoxy) is 1. The summed E-state index contributed by atoms with van der Waals surface area (Å²) in [6.07, 6.45) is 2.78. The van der Waals surface area contributed by atoms with Crippen LogP contribution < -0.4 is 0 Å². The lowest BCUT2D eigenvalue weighted by atomic mass is 10.2. The summed E-state index contributed by atoms with van der Waals surface area (Å²) in [5.41, 5.74) is 0.938. The maximum Gasteiger partial charge on any atom is 0.0682 e. The second kappa shape index (κ2) is 6.05. The number of benzene rings is 1. The first-order chi connectivity index (χ1) is 7.79. The molecular weight excluding hydrogens is 288 g/mol. The van der Waals surface area contributed by atoms with Crippen molar-refractivity contribution < 1.29 is 9.84 Å². The van der Waals surface area contributed by atoms with Gasteiger partial charge in [0.15, 0.2) is 0 Å². The Morgan fingerprint density at radius 3 is 3.00 bits per heavy atom. The zero-order chi connectivity index (χ0) is 11.4. The van der Waals surface area contributed by atoms with E-state index in [2.05, 4.69) is 22.0 Å². The summed E-state index contributed by atoms with van der Waals surface area (Å²) in [5, 5.41) is 9.01. The molecule has 1 aromatic rings. The lowest BCUT2D eigenvalue weighted by molar-refractivity contribution is 0.129. The highest BCUT2D eigenvalue weighted by Crippen LogP contribution is 2.30. The smallest absolute Gasteiger partial charge is 0.0682 e. The summed E-state index contributed by atoms with van der Waals surface area (Å²) in [5.74, 6) is 1.01. The quantitative estimate of drug-likeness (QED) is 0.866. The fraction of sp³-hybridized carbons (Fsp3) is 0.500. The summed E-state index contributed by atoms with van der Waals surface area (Å²) in [4.78, 5) is 1.22. The summed E-state index contributed by atoms with van der Waals surface area (Å²) < 4.78 is 6.64. The molecule has 1 fully saturated rings. The molecular formula is C12H15BrO2S. The Morgan fingerprint density at radius 1 is 1.50 bits per heavy atom. The number of hydrogen-bond acceptors (Lipinski definition) is 3. The molecule has 2 rings (SSSR count). The van der Waals surface area contributed by atoms with Gasteiger partial charge in [-0.2, -0.15) is 0 Å². The maximum absolute atomic E-state index is 9.01. The normalized spacial score (nSPS) is 20.2. The molecule has 1 heterocycles. The average molecular weight is 303 g/mol. The van der Waals surface area contributed by atoms with E-state index in [0.29, 0.717) is 6.10 Å². The Morgan fingerprint density at radius 2 is 2.38 bits per heavy atom. The van der Waals surface area contributed by atoms with E-state index in [-0.39, 0.29) is 6.61 Å². The number of aliphatic hydroxyl groups excluding tert-OH is 1. The Bertz CT molecular complexity index is 351. The summed E-state index contributed by atoms with van der Waals surface area (Å²) in [7, 11) is 0. The number of rotatable bonds is 4. The Balaban J connectivity index is 1.93. The fourth-order valence-electron chi connectivity index (χ4n) is 1.72. The van der Waals surface area contributed by atoms with Gasteiger partial charge in [-0.15, -0.1) is 11.8 Å². The van der Waals surface area contributed by atoms with Crippen LogP contribution in [-0.2, 0) is 11.3 Å². The van der Waals surface area contributed by atoms with E-state index in [1.807, 2.05) is 23.9 Å². The van der Waals surface area contributed by atoms with Gasteiger partial charge in [-0.3, -0.25) is 0 Å². The number of aliphatic hydroxyl groups is 1. The van der Waals surface area contributed by atoms with Crippen LogP contribution in [0.15, 0.2) is 27.6 Å². The van der Waals surface area contributed by atoms with Crippen molar-refractivity contribution in [2.75, 3.05) is 12.4 Å². The van der Waals surface area contributed by atoms with Crippen LogP contribution in [0.25, 0.3) is 0 Å². The first kappa shape index (κ1) is 12.4. The van der Waals surface area contributed by atoms with Gasteiger partial charge in [0.25, 0.3) is 0 Å². The first-order valence-corrected chi connectivity index (χ1v) is 7.21. The highest BCUT2D eigenvalue weighted by atomic mass is 79.9. The van der Waals surface area contributed by atoms with E-state index in [4.69, 9.17) is 9.84 Å². The minimum Gasteiger partial charge on any atom is -0.392 e. The van der Waals surface area contributed by atoms with Crippen LogP contribution in [0.4, 0.5) is 0 Å². The lowest BCUT2D eigenvalue weighted by Crippen LogP contribution is -2.07. The molecule has 1 atom stereocenters. The van der Waals surface area contributed by atoms with Gasteiger partial charge in [0.2, 0.25) is 0 Å². The standard InChI is InChI=1S/C12H15BrO2S/c13-11-6-9(7-14)3-4-12(11)16-8-10-2-1-5-15-10/h3-4,6,10,14H,1-2,5,7-8H2. The third-order valence-electron chi connectivity index (χ3n) is 2.63. The molecule has 4 heteroatoms. The van der Waals surface area contributed by atoms with E-state index >= 15 is 0 Å². The summed E-state index contributed by atoms with van der Waals surface area (Å²) in [6.45, 7) is 1.01. The molecule has 1 aliphatic rings. The second-order valence-corrected chi connectivity index (χ2v) is 5.79. The van der Waals surface area contributed by atoms with Gasteiger partial charge in [0, 0.05) is 21.7 Å². The number of thioether (sulfide) groups is 1. The molecule has 0 aliphatic carbocycles. The Kier molecular flexibility index (Phi) is 4.70. The minimum absolute atomic E-state index is 0.0925. The van der Waals surface area contributed by atoms with Crippen molar-refractivity contribution in [3.05, 3.63) is 28.2 Å². The van der Waals surface area contributed by atoms with Gasteiger partial charge in [-0.05, 0) is 46.5 Å². The molecule has 0 amide bonds. The van der Waals surface area contributed by atoms with Crippen LogP contribution >= 0.6 is 27.7 Å². The van der Waals surface area contributed by atoms with Gasteiger partial charge >= 0.3 is 0 Å². The van der Waals surface area contributed by atoms with Crippen LogP contribution in [0.5, 0.6) is 0 Å². The predicted octanol–water partition coefficient (Wildman–Crippen LogP) is 3.21. The van der Waals surface area contributed by atoms with Gasteiger partial charge < -0.3 is 9.84 Å². The fourth-order valence-corrected chi connectivity index (χ4v) is 3.48. The van der Waals surface area contributed by atoms with E-state index < -0.39 is 0 Å². The van der Waals surface area contributed by atoms with E-state index in [1.54, 1.807) is 0 Å². The van der Waals surface area contributed by atoms with Crippen molar-refractivity contribution in [3.8, 4) is 0 Å². The number of halogens is 1. The van der Waals surface area contributed by atoms with Crippen molar-refractivity contribution in [2.24, 2.45) is 0 Å². The van der Waals surface area contributed by atoms with E-state index in [0.717, 1.165) is 22.4 Å². The van der Waals surface area contributed by atoms with Crippen molar-refractivity contribution in [1.29, 1.82) is 0 Å². The molecule has 0 aromatic heterocycles. The van der Waals surface area contributed by atoms with Gasteiger partial charge in [-0.25, -0.2) is 0 Å². The molecule has 1 aliphatic heterocycles. The topological polar surface area (TPSA) is 29.5 Å². The third-order valence-corrected chi connectivity index (χ3v) is 4.75. The van der Waals surface area contributed by atoms with E-state index in [9.17, 15) is 0 Å². The van der Waals surface area contributed by atoms with Gasteiger partial charge in [0.1, 0.15) is 0 Å². The highest BCUT2D eigenvalue weighted by molar-refractivity contribution is 9.10. The Hall–Kier alpha value is -0.0300. The largest absolute Gasteiger partial charge is 0.392 e. The Labute approximate surface area is 109 Å². The van der Waals surface area contributed by atoms with Crippen LogP contribution in [0.3, 0.4) is 0 Å². The average Bonchev–Trinajstić information content (AvgIpc) is 2.80. The highest BCUT2D eigenvalue weighted by Gasteiger charge is 2.16. The molecule has 1 unspecified atom stereocenters. The van der Waals surface area contributed by atoms with Crippen molar-refractivity contribution in [3.63, 3.8) is 0 Å². The minimum atomic E-state index is 0.0925. The lowest BCUT2D eigenvalue weighted by Gasteiger charge is -2.10. The molecule has 2 nitrogen and oxygen atoms in total. The van der Waals surface area contributed by atoms with Crippen molar-refractivity contribution in [1.82, 2.24) is 0 Å². The molecule has 0 spiro atoms. The van der Waals surface area contributed by atoms with Gasteiger partial charge in [0.05, 0.1) is 12.7 Å². The summed E-state index contributed by atoms with van der Waals surface area (Å²) in [6, 6.07) is 5.98.